The third-order valence-electron chi connectivity index (χ3n) is 3.73. The van der Waals surface area contributed by atoms with Crippen LogP contribution in [0.3, 0.4) is 0 Å². The summed E-state index contributed by atoms with van der Waals surface area (Å²) in [6, 6.07) is 3.03. The van der Waals surface area contributed by atoms with Gasteiger partial charge in [0.25, 0.3) is 5.56 Å². The summed E-state index contributed by atoms with van der Waals surface area (Å²) in [5.41, 5.74) is 5.79. The summed E-state index contributed by atoms with van der Waals surface area (Å²) in [6.07, 6.45) is 5.01. The van der Waals surface area contributed by atoms with Gasteiger partial charge in [0, 0.05) is 25.9 Å². The van der Waals surface area contributed by atoms with Crippen LogP contribution in [0, 0.1) is 0 Å². The van der Waals surface area contributed by atoms with E-state index >= 15 is 0 Å². The molecule has 1 fully saturated rings. The maximum Gasteiger partial charge on any atom is 0.250 e. The molecule has 0 unspecified atom stereocenters. The number of hydrogen-bond donors (Lipinski definition) is 2. The second kappa shape index (κ2) is 6.19. The third-order valence-corrected chi connectivity index (χ3v) is 3.73. The zero-order chi connectivity index (χ0) is 14.6. The zero-order valence-electron chi connectivity index (χ0n) is 11.7. The average molecular weight is 279 g/mol. The number of anilines is 1. The maximum atomic E-state index is 12.2. The van der Waals surface area contributed by atoms with E-state index in [1.807, 2.05) is 0 Å². The Balaban J connectivity index is 2.09. The molecule has 20 heavy (non-hydrogen) atoms. The number of nitrogens with one attached hydrogen (secondary N) is 1. The monoisotopic (exact) mass is 279 g/mol. The van der Waals surface area contributed by atoms with Crippen molar-refractivity contribution in [2.24, 2.45) is 5.73 Å². The highest BCUT2D eigenvalue weighted by atomic mass is 16.5. The lowest BCUT2D eigenvalue weighted by atomic mass is 9.98. The molecule has 1 aromatic rings. The zero-order valence-corrected chi connectivity index (χ0v) is 11.7. The van der Waals surface area contributed by atoms with Crippen LogP contribution >= 0.6 is 0 Å². The van der Waals surface area contributed by atoms with Gasteiger partial charge in [-0.25, -0.2) is 0 Å². The predicted octanol–water partition coefficient (Wildman–Crippen LogP) is 0.705. The van der Waals surface area contributed by atoms with Gasteiger partial charge in [0.05, 0.1) is 17.8 Å². The fourth-order valence-corrected chi connectivity index (χ4v) is 2.46. The minimum absolute atomic E-state index is 0.122. The van der Waals surface area contributed by atoms with Gasteiger partial charge in [0.15, 0.2) is 0 Å². The molecule has 1 aliphatic carbocycles. The summed E-state index contributed by atoms with van der Waals surface area (Å²) >= 11 is 0. The van der Waals surface area contributed by atoms with E-state index in [1.165, 1.54) is 10.6 Å². The third kappa shape index (κ3) is 3.26. The van der Waals surface area contributed by atoms with E-state index in [2.05, 4.69) is 5.32 Å². The molecule has 1 saturated carbocycles. The van der Waals surface area contributed by atoms with Crippen molar-refractivity contribution in [1.29, 1.82) is 0 Å². The summed E-state index contributed by atoms with van der Waals surface area (Å²) in [5, 5.41) is 2.80. The van der Waals surface area contributed by atoms with E-state index in [0.717, 1.165) is 12.8 Å². The molecule has 0 spiro atoms. The number of methoxy groups -OCH3 is 1. The van der Waals surface area contributed by atoms with Gasteiger partial charge in [0.2, 0.25) is 5.91 Å². The van der Waals surface area contributed by atoms with E-state index in [4.69, 9.17) is 10.5 Å². The van der Waals surface area contributed by atoms with Gasteiger partial charge in [-0.1, -0.05) is 12.8 Å². The summed E-state index contributed by atoms with van der Waals surface area (Å²) in [6.45, 7) is 0.894. The minimum atomic E-state index is -0.770. The largest absolute Gasteiger partial charge is 0.383 e. The van der Waals surface area contributed by atoms with Crippen molar-refractivity contribution in [3.05, 3.63) is 28.7 Å². The first-order valence-corrected chi connectivity index (χ1v) is 6.85. The summed E-state index contributed by atoms with van der Waals surface area (Å²) < 4.78 is 6.46. The van der Waals surface area contributed by atoms with Gasteiger partial charge >= 0.3 is 0 Å². The first kappa shape index (κ1) is 14.7. The van der Waals surface area contributed by atoms with E-state index in [1.54, 1.807) is 19.4 Å². The Bertz CT molecular complexity index is 533. The minimum Gasteiger partial charge on any atom is -0.383 e. The first-order valence-electron chi connectivity index (χ1n) is 6.85. The molecular formula is C14H21N3O3. The Morgan fingerprint density at radius 3 is 2.80 bits per heavy atom. The van der Waals surface area contributed by atoms with E-state index in [-0.39, 0.29) is 11.5 Å². The highest BCUT2D eigenvalue weighted by Gasteiger charge is 2.36. The number of hydrogen-bond acceptors (Lipinski definition) is 4. The molecule has 0 atom stereocenters. The van der Waals surface area contributed by atoms with Crippen LogP contribution in [0.1, 0.15) is 25.7 Å². The van der Waals surface area contributed by atoms with Crippen LogP contribution in [-0.4, -0.2) is 29.7 Å². The lowest BCUT2D eigenvalue weighted by molar-refractivity contribution is -0.121. The average Bonchev–Trinajstić information content (AvgIpc) is 2.87. The number of carbonyl (C=O) groups excluding carboxylic acids is 1. The molecule has 1 aliphatic rings. The molecule has 0 aromatic carbocycles. The van der Waals surface area contributed by atoms with Gasteiger partial charge in [-0.2, -0.15) is 0 Å². The number of rotatable bonds is 5. The van der Waals surface area contributed by atoms with Crippen LogP contribution in [0.5, 0.6) is 0 Å². The van der Waals surface area contributed by atoms with Gasteiger partial charge in [0.1, 0.15) is 0 Å². The second-order valence-corrected chi connectivity index (χ2v) is 5.26. The van der Waals surface area contributed by atoms with E-state index < -0.39 is 5.54 Å². The standard InChI is InChI=1S/C14H21N3O3/c1-20-9-8-17-10-11(4-5-12(17)18)16-13(19)14(15)6-2-3-7-14/h4-5,10H,2-3,6-9,15H2,1H3,(H,16,19). The molecule has 1 amide bonds. The molecule has 3 N–H and O–H groups in total. The Kier molecular flexibility index (Phi) is 4.57. The molecule has 6 nitrogen and oxygen atoms in total. The Labute approximate surface area is 117 Å². The van der Waals surface area contributed by atoms with Crippen LogP contribution in [0.25, 0.3) is 0 Å². The second-order valence-electron chi connectivity index (χ2n) is 5.26. The van der Waals surface area contributed by atoms with Gasteiger partial charge in [-0.05, 0) is 18.9 Å². The van der Waals surface area contributed by atoms with Crippen LogP contribution in [0.15, 0.2) is 23.1 Å². The first-order chi connectivity index (χ1) is 9.55. The van der Waals surface area contributed by atoms with Crippen LogP contribution < -0.4 is 16.6 Å². The maximum absolute atomic E-state index is 12.2. The van der Waals surface area contributed by atoms with Crippen molar-refractivity contribution < 1.29 is 9.53 Å². The number of pyridine rings is 1. The fourth-order valence-electron chi connectivity index (χ4n) is 2.46. The summed E-state index contributed by atoms with van der Waals surface area (Å²) in [7, 11) is 1.58. The number of amides is 1. The highest BCUT2D eigenvalue weighted by molar-refractivity contribution is 5.98. The van der Waals surface area contributed by atoms with E-state index in [0.29, 0.717) is 31.7 Å². The van der Waals surface area contributed by atoms with Crippen LogP contribution in [-0.2, 0) is 16.1 Å². The van der Waals surface area contributed by atoms with Crippen LogP contribution in [0.4, 0.5) is 5.69 Å². The molecule has 6 heteroatoms. The number of ether oxygens (including phenoxy) is 1. The quantitative estimate of drug-likeness (QED) is 0.831. The number of carbonyl (C=O) groups is 1. The number of nitrogens with zero attached hydrogens (tertiary/aromatic N) is 1. The Morgan fingerprint density at radius 1 is 1.45 bits per heavy atom. The topological polar surface area (TPSA) is 86.3 Å². The van der Waals surface area contributed by atoms with Crippen molar-refractivity contribution in [2.75, 3.05) is 19.0 Å². The highest BCUT2D eigenvalue weighted by Crippen LogP contribution is 2.28. The molecule has 1 aromatic heterocycles. The smallest absolute Gasteiger partial charge is 0.250 e. The van der Waals surface area contributed by atoms with Gasteiger partial charge in [-0.15, -0.1) is 0 Å². The van der Waals surface area contributed by atoms with Crippen LogP contribution in [0.2, 0.25) is 0 Å². The van der Waals surface area contributed by atoms with Gasteiger partial charge in [-0.3, -0.25) is 9.59 Å². The Hall–Kier alpha value is -1.66. The molecule has 1 heterocycles. The van der Waals surface area contributed by atoms with Crippen molar-refractivity contribution in [3.63, 3.8) is 0 Å². The Morgan fingerprint density at radius 2 is 2.15 bits per heavy atom. The van der Waals surface area contributed by atoms with Crippen molar-refractivity contribution >= 4 is 11.6 Å². The van der Waals surface area contributed by atoms with Crippen molar-refractivity contribution in [2.45, 2.75) is 37.8 Å². The molecular weight excluding hydrogens is 258 g/mol. The van der Waals surface area contributed by atoms with E-state index in [9.17, 15) is 9.59 Å². The molecule has 110 valence electrons. The lowest BCUT2D eigenvalue weighted by Gasteiger charge is -2.22. The summed E-state index contributed by atoms with van der Waals surface area (Å²) in [4.78, 5) is 23.9. The van der Waals surface area contributed by atoms with Gasteiger partial charge < -0.3 is 20.4 Å². The fraction of sp³-hybridized carbons (Fsp3) is 0.571. The molecule has 0 saturated heterocycles. The predicted molar refractivity (Wildman–Crippen MR) is 76.6 cm³/mol. The molecule has 0 aliphatic heterocycles. The lowest BCUT2D eigenvalue weighted by Crippen LogP contribution is -2.48. The summed E-state index contributed by atoms with van der Waals surface area (Å²) in [5.74, 6) is -0.174. The molecule has 2 rings (SSSR count). The normalized spacial score (nSPS) is 17.1. The van der Waals surface area contributed by atoms with Crippen molar-refractivity contribution in [3.8, 4) is 0 Å². The van der Waals surface area contributed by atoms with Crippen molar-refractivity contribution in [1.82, 2.24) is 4.57 Å². The SMILES string of the molecule is COCCn1cc(NC(=O)C2(N)CCCC2)ccc1=O. The molecule has 0 radical (unpaired) electrons. The molecule has 0 bridgehead atoms. The number of aromatic nitrogens is 1. The number of nitrogens with two attached hydrogens (primary N) is 1.